The zero-order valence-electron chi connectivity index (χ0n) is 8.43. The highest BCUT2D eigenvalue weighted by molar-refractivity contribution is 5.76. The van der Waals surface area contributed by atoms with Crippen LogP contribution >= 0.6 is 0 Å². The number of carbonyl (C=O) groups is 1. The van der Waals surface area contributed by atoms with Crippen molar-refractivity contribution in [3.05, 3.63) is 22.5 Å². The van der Waals surface area contributed by atoms with Crippen LogP contribution in [0.4, 0.5) is 0 Å². The Morgan fingerprint density at radius 1 is 1.31 bits per heavy atom. The quantitative estimate of drug-likeness (QED) is 0.734. The summed E-state index contributed by atoms with van der Waals surface area (Å²) < 4.78 is 0. The summed E-state index contributed by atoms with van der Waals surface area (Å²) in [5.74, 6) is -1.20. The fourth-order valence-corrected chi connectivity index (χ4v) is 1.70. The molecule has 13 heavy (non-hydrogen) atoms. The van der Waals surface area contributed by atoms with E-state index in [1.54, 1.807) is 6.92 Å². The third-order valence-corrected chi connectivity index (χ3v) is 2.55. The predicted molar refractivity (Wildman–Crippen MR) is 51.1 cm³/mol. The first kappa shape index (κ1) is 9.84. The van der Waals surface area contributed by atoms with Gasteiger partial charge in [-0.25, -0.2) is 0 Å². The lowest BCUT2D eigenvalue weighted by atomic mass is 9.97. The molecule has 2 N–H and O–H groups in total. The van der Waals surface area contributed by atoms with Crippen molar-refractivity contribution in [3.63, 3.8) is 0 Å². The van der Waals surface area contributed by atoms with Crippen LogP contribution in [0.25, 0.3) is 0 Å². The van der Waals surface area contributed by atoms with Gasteiger partial charge in [-0.3, -0.25) is 4.79 Å². The molecule has 3 nitrogen and oxygen atoms in total. The topological polar surface area (TPSA) is 53.1 Å². The Morgan fingerprint density at radius 2 is 1.85 bits per heavy atom. The maximum atomic E-state index is 10.8. The highest BCUT2D eigenvalue weighted by Crippen LogP contribution is 2.25. The molecule has 0 aliphatic heterocycles. The minimum absolute atomic E-state index is 0.426. The maximum absolute atomic E-state index is 10.8. The highest BCUT2D eigenvalue weighted by Gasteiger charge is 2.20. The van der Waals surface area contributed by atoms with E-state index in [0.717, 1.165) is 22.5 Å². The first-order valence-electron chi connectivity index (χ1n) is 4.33. The van der Waals surface area contributed by atoms with Gasteiger partial charge < -0.3 is 10.1 Å². The van der Waals surface area contributed by atoms with Crippen molar-refractivity contribution >= 4 is 5.97 Å². The van der Waals surface area contributed by atoms with Gasteiger partial charge in [-0.2, -0.15) is 0 Å². The number of rotatable bonds is 2. The van der Waals surface area contributed by atoms with Gasteiger partial charge in [0.15, 0.2) is 0 Å². The number of H-pyrrole nitrogens is 1. The molecule has 0 aliphatic rings. The summed E-state index contributed by atoms with van der Waals surface area (Å²) in [5, 5.41) is 8.88. The Kier molecular flexibility index (Phi) is 2.45. The fourth-order valence-electron chi connectivity index (χ4n) is 1.70. The van der Waals surface area contributed by atoms with Crippen molar-refractivity contribution in [2.24, 2.45) is 0 Å². The number of aliphatic carboxylic acids is 1. The SMILES string of the molecule is Cc1[nH]c(C)c(C(C)C(=O)O)c1C. The molecule has 0 aliphatic carbocycles. The van der Waals surface area contributed by atoms with Crippen molar-refractivity contribution in [3.8, 4) is 0 Å². The van der Waals surface area contributed by atoms with E-state index in [0.29, 0.717) is 0 Å². The van der Waals surface area contributed by atoms with Crippen molar-refractivity contribution < 1.29 is 9.90 Å². The van der Waals surface area contributed by atoms with Crippen LogP contribution in [-0.4, -0.2) is 16.1 Å². The van der Waals surface area contributed by atoms with E-state index < -0.39 is 11.9 Å². The number of aryl methyl sites for hydroxylation is 2. The largest absolute Gasteiger partial charge is 0.481 e. The zero-order chi connectivity index (χ0) is 10.2. The number of hydrogen-bond acceptors (Lipinski definition) is 1. The molecule has 1 atom stereocenters. The summed E-state index contributed by atoms with van der Waals surface area (Å²) in [4.78, 5) is 13.9. The van der Waals surface area contributed by atoms with E-state index in [4.69, 9.17) is 5.11 Å². The van der Waals surface area contributed by atoms with Gasteiger partial charge in [0.1, 0.15) is 0 Å². The highest BCUT2D eigenvalue weighted by atomic mass is 16.4. The zero-order valence-corrected chi connectivity index (χ0v) is 8.43. The lowest BCUT2D eigenvalue weighted by molar-refractivity contribution is -0.138. The van der Waals surface area contributed by atoms with Gasteiger partial charge in [-0.1, -0.05) is 0 Å². The lowest BCUT2D eigenvalue weighted by Crippen LogP contribution is -2.08. The average Bonchev–Trinajstić information content (AvgIpc) is 2.26. The maximum Gasteiger partial charge on any atom is 0.310 e. The Bertz CT molecular complexity index is 339. The average molecular weight is 181 g/mol. The molecule has 1 heterocycles. The molecule has 0 saturated heterocycles. The number of aromatic nitrogens is 1. The Hall–Kier alpha value is -1.25. The Balaban J connectivity index is 3.20. The van der Waals surface area contributed by atoms with E-state index >= 15 is 0 Å². The molecule has 0 bridgehead atoms. The molecule has 0 spiro atoms. The van der Waals surface area contributed by atoms with Gasteiger partial charge in [-0.15, -0.1) is 0 Å². The summed E-state index contributed by atoms with van der Waals surface area (Å²) in [7, 11) is 0. The third-order valence-electron chi connectivity index (χ3n) is 2.55. The molecule has 0 saturated carbocycles. The molecule has 1 rings (SSSR count). The van der Waals surface area contributed by atoms with E-state index in [-0.39, 0.29) is 0 Å². The van der Waals surface area contributed by atoms with Gasteiger partial charge >= 0.3 is 5.97 Å². The molecule has 0 radical (unpaired) electrons. The van der Waals surface area contributed by atoms with E-state index in [2.05, 4.69) is 4.98 Å². The van der Waals surface area contributed by atoms with Crippen LogP contribution in [0.3, 0.4) is 0 Å². The molecular weight excluding hydrogens is 166 g/mol. The number of carboxylic acid groups (broad SMARTS) is 1. The first-order chi connectivity index (χ1) is 5.95. The second kappa shape index (κ2) is 3.24. The molecule has 72 valence electrons. The summed E-state index contributed by atoms with van der Waals surface area (Å²) in [6.07, 6.45) is 0. The van der Waals surface area contributed by atoms with Crippen LogP contribution in [0.1, 0.15) is 35.4 Å². The monoisotopic (exact) mass is 181 g/mol. The summed E-state index contributed by atoms with van der Waals surface area (Å²) in [5.41, 5.74) is 4.00. The molecule has 0 amide bonds. The minimum Gasteiger partial charge on any atom is -0.481 e. The second-order valence-corrected chi connectivity index (χ2v) is 3.47. The van der Waals surface area contributed by atoms with E-state index in [1.165, 1.54) is 0 Å². The van der Waals surface area contributed by atoms with Gasteiger partial charge in [0, 0.05) is 11.4 Å². The first-order valence-corrected chi connectivity index (χ1v) is 4.33. The van der Waals surface area contributed by atoms with Crippen molar-refractivity contribution in [1.29, 1.82) is 0 Å². The van der Waals surface area contributed by atoms with Crippen molar-refractivity contribution in [2.75, 3.05) is 0 Å². The second-order valence-electron chi connectivity index (χ2n) is 3.47. The number of nitrogens with one attached hydrogen (secondary N) is 1. The van der Waals surface area contributed by atoms with E-state index in [1.807, 2.05) is 20.8 Å². The van der Waals surface area contributed by atoms with Gasteiger partial charge in [-0.05, 0) is 38.8 Å². The fraction of sp³-hybridized carbons (Fsp3) is 0.500. The molecule has 0 fully saturated rings. The molecular formula is C10H15NO2. The van der Waals surface area contributed by atoms with Crippen LogP contribution in [0.15, 0.2) is 0 Å². The van der Waals surface area contributed by atoms with E-state index in [9.17, 15) is 4.79 Å². The molecule has 1 aromatic rings. The summed E-state index contributed by atoms with van der Waals surface area (Å²) >= 11 is 0. The van der Waals surface area contributed by atoms with Gasteiger partial charge in [0.2, 0.25) is 0 Å². The van der Waals surface area contributed by atoms with Gasteiger partial charge in [0.25, 0.3) is 0 Å². The smallest absolute Gasteiger partial charge is 0.310 e. The standard InChI is InChI=1S/C10H15NO2/c1-5-7(3)11-8(4)9(5)6(2)10(12)13/h6,11H,1-4H3,(H,12,13). The number of carboxylic acids is 1. The lowest BCUT2D eigenvalue weighted by Gasteiger charge is -2.07. The number of hydrogen-bond donors (Lipinski definition) is 2. The minimum atomic E-state index is -0.773. The summed E-state index contributed by atoms with van der Waals surface area (Å²) in [6, 6.07) is 0. The van der Waals surface area contributed by atoms with Crippen LogP contribution in [0.2, 0.25) is 0 Å². The van der Waals surface area contributed by atoms with Gasteiger partial charge in [0.05, 0.1) is 5.92 Å². The van der Waals surface area contributed by atoms with Crippen molar-refractivity contribution in [1.82, 2.24) is 4.98 Å². The Labute approximate surface area is 77.8 Å². The normalized spacial score (nSPS) is 12.9. The number of aromatic amines is 1. The van der Waals surface area contributed by atoms with Crippen LogP contribution in [0, 0.1) is 20.8 Å². The third kappa shape index (κ3) is 1.59. The summed E-state index contributed by atoms with van der Waals surface area (Å²) in [6.45, 7) is 7.54. The van der Waals surface area contributed by atoms with Crippen LogP contribution in [0.5, 0.6) is 0 Å². The van der Waals surface area contributed by atoms with Crippen LogP contribution < -0.4 is 0 Å². The Morgan fingerprint density at radius 3 is 2.15 bits per heavy atom. The van der Waals surface area contributed by atoms with Crippen molar-refractivity contribution in [2.45, 2.75) is 33.6 Å². The molecule has 0 aromatic carbocycles. The van der Waals surface area contributed by atoms with Crippen LogP contribution in [-0.2, 0) is 4.79 Å². The molecule has 1 unspecified atom stereocenters. The molecule has 1 aromatic heterocycles. The molecule has 3 heteroatoms. The predicted octanol–water partition coefficient (Wildman–Crippen LogP) is 2.13.